The Kier molecular flexibility index (Phi) is 4.20. The van der Waals surface area contributed by atoms with Crippen LogP contribution in [0.15, 0.2) is 48.5 Å². The molecule has 0 atom stereocenters. The summed E-state index contributed by atoms with van der Waals surface area (Å²) in [6.45, 7) is 3.25. The molecule has 0 fully saturated rings. The SMILES string of the molecule is CCN(Cc1ccccc1)c1cccc(N)c1[N+](=O)[O-]. The number of nitro groups is 1. The fourth-order valence-corrected chi connectivity index (χ4v) is 2.17. The number of hydrogen-bond acceptors (Lipinski definition) is 4. The van der Waals surface area contributed by atoms with Crippen molar-refractivity contribution in [1.29, 1.82) is 0 Å². The maximum Gasteiger partial charge on any atom is 0.315 e. The van der Waals surface area contributed by atoms with E-state index in [1.54, 1.807) is 18.2 Å². The molecule has 2 N–H and O–H groups in total. The Morgan fingerprint density at radius 3 is 2.45 bits per heavy atom. The van der Waals surface area contributed by atoms with Crippen LogP contribution in [-0.2, 0) is 6.54 Å². The van der Waals surface area contributed by atoms with Crippen molar-refractivity contribution in [3.05, 3.63) is 64.2 Å². The van der Waals surface area contributed by atoms with Crippen LogP contribution in [0.3, 0.4) is 0 Å². The van der Waals surface area contributed by atoms with E-state index in [1.807, 2.05) is 42.2 Å². The van der Waals surface area contributed by atoms with E-state index in [2.05, 4.69) is 0 Å². The van der Waals surface area contributed by atoms with Crippen molar-refractivity contribution in [3.63, 3.8) is 0 Å². The first kappa shape index (κ1) is 13.9. The summed E-state index contributed by atoms with van der Waals surface area (Å²) in [7, 11) is 0. The fourth-order valence-electron chi connectivity index (χ4n) is 2.17. The molecule has 0 aliphatic rings. The van der Waals surface area contributed by atoms with Gasteiger partial charge in [-0.05, 0) is 24.6 Å². The first-order chi connectivity index (χ1) is 9.63. The van der Waals surface area contributed by atoms with E-state index in [4.69, 9.17) is 5.73 Å². The molecule has 2 aromatic carbocycles. The second-order valence-corrected chi connectivity index (χ2v) is 4.47. The van der Waals surface area contributed by atoms with E-state index >= 15 is 0 Å². The molecule has 0 aromatic heterocycles. The van der Waals surface area contributed by atoms with Crippen molar-refractivity contribution in [2.45, 2.75) is 13.5 Å². The average Bonchev–Trinajstić information content (AvgIpc) is 2.45. The molecule has 2 aromatic rings. The van der Waals surface area contributed by atoms with E-state index in [1.165, 1.54) is 0 Å². The van der Waals surface area contributed by atoms with Crippen molar-refractivity contribution in [2.75, 3.05) is 17.2 Å². The van der Waals surface area contributed by atoms with E-state index < -0.39 is 4.92 Å². The molecule has 0 amide bonds. The van der Waals surface area contributed by atoms with E-state index in [-0.39, 0.29) is 11.4 Å². The highest BCUT2D eigenvalue weighted by Crippen LogP contribution is 2.34. The standard InChI is InChI=1S/C15H17N3O2/c1-2-17(11-12-7-4-3-5-8-12)14-10-6-9-13(16)15(14)18(19)20/h3-10H,2,11,16H2,1H3. The normalized spacial score (nSPS) is 10.2. The molecule has 0 bridgehead atoms. The Morgan fingerprint density at radius 1 is 1.15 bits per heavy atom. The molecule has 0 spiro atoms. The minimum absolute atomic E-state index is 0.0229. The van der Waals surface area contributed by atoms with Crippen LogP contribution in [0.1, 0.15) is 12.5 Å². The van der Waals surface area contributed by atoms with Crippen molar-refractivity contribution in [3.8, 4) is 0 Å². The van der Waals surface area contributed by atoms with Crippen LogP contribution in [-0.4, -0.2) is 11.5 Å². The molecule has 104 valence electrons. The van der Waals surface area contributed by atoms with Gasteiger partial charge in [-0.1, -0.05) is 36.4 Å². The monoisotopic (exact) mass is 271 g/mol. The zero-order valence-corrected chi connectivity index (χ0v) is 11.3. The van der Waals surface area contributed by atoms with Crippen LogP contribution in [0.4, 0.5) is 17.1 Å². The van der Waals surface area contributed by atoms with E-state index in [0.29, 0.717) is 18.8 Å². The zero-order valence-electron chi connectivity index (χ0n) is 11.3. The molecule has 0 aliphatic carbocycles. The molecule has 0 radical (unpaired) electrons. The van der Waals surface area contributed by atoms with Crippen LogP contribution in [0.2, 0.25) is 0 Å². The van der Waals surface area contributed by atoms with Gasteiger partial charge in [-0.2, -0.15) is 0 Å². The topological polar surface area (TPSA) is 72.4 Å². The number of nitrogens with zero attached hydrogens (tertiary/aromatic N) is 2. The first-order valence-corrected chi connectivity index (χ1v) is 6.45. The number of para-hydroxylation sites is 1. The Morgan fingerprint density at radius 2 is 1.85 bits per heavy atom. The van der Waals surface area contributed by atoms with Gasteiger partial charge in [0.25, 0.3) is 0 Å². The number of rotatable bonds is 5. The summed E-state index contributed by atoms with van der Waals surface area (Å²) < 4.78 is 0. The summed E-state index contributed by atoms with van der Waals surface area (Å²) in [5, 5.41) is 11.2. The largest absolute Gasteiger partial charge is 0.393 e. The van der Waals surface area contributed by atoms with E-state index in [9.17, 15) is 10.1 Å². The molecular formula is C15H17N3O2. The average molecular weight is 271 g/mol. The molecule has 20 heavy (non-hydrogen) atoms. The van der Waals surface area contributed by atoms with Crippen LogP contribution < -0.4 is 10.6 Å². The molecule has 0 saturated carbocycles. The lowest BCUT2D eigenvalue weighted by atomic mass is 10.1. The number of nitro benzene ring substituents is 1. The highest BCUT2D eigenvalue weighted by atomic mass is 16.6. The van der Waals surface area contributed by atoms with E-state index in [0.717, 1.165) is 5.56 Å². The molecule has 0 heterocycles. The van der Waals surface area contributed by atoms with Crippen LogP contribution in [0, 0.1) is 10.1 Å². The minimum atomic E-state index is -0.418. The van der Waals surface area contributed by atoms with Crippen LogP contribution >= 0.6 is 0 Å². The summed E-state index contributed by atoms with van der Waals surface area (Å²) >= 11 is 0. The van der Waals surface area contributed by atoms with Gasteiger partial charge < -0.3 is 10.6 Å². The first-order valence-electron chi connectivity index (χ1n) is 6.45. The van der Waals surface area contributed by atoms with Crippen molar-refractivity contribution in [1.82, 2.24) is 0 Å². The molecule has 0 aliphatic heterocycles. The third-order valence-corrected chi connectivity index (χ3v) is 3.17. The van der Waals surface area contributed by atoms with Gasteiger partial charge in [0.2, 0.25) is 0 Å². The second-order valence-electron chi connectivity index (χ2n) is 4.47. The molecular weight excluding hydrogens is 254 g/mol. The number of anilines is 2. The van der Waals surface area contributed by atoms with Gasteiger partial charge in [0.1, 0.15) is 11.4 Å². The number of benzene rings is 2. The zero-order chi connectivity index (χ0) is 14.5. The predicted octanol–water partition coefficient (Wildman–Crippen LogP) is 3.20. The third-order valence-electron chi connectivity index (χ3n) is 3.17. The van der Waals surface area contributed by atoms with Crippen molar-refractivity contribution >= 4 is 17.1 Å². The molecule has 0 saturated heterocycles. The fraction of sp³-hybridized carbons (Fsp3) is 0.200. The lowest BCUT2D eigenvalue weighted by Crippen LogP contribution is -2.23. The molecule has 0 unspecified atom stereocenters. The maximum absolute atomic E-state index is 11.2. The Balaban J connectivity index is 2.37. The van der Waals surface area contributed by atoms with Crippen LogP contribution in [0.5, 0.6) is 0 Å². The summed E-state index contributed by atoms with van der Waals surface area (Å²) in [5.41, 5.74) is 7.57. The highest BCUT2D eigenvalue weighted by molar-refractivity contribution is 5.75. The summed E-state index contributed by atoms with van der Waals surface area (Å²) in [5.74, 6) is 0. The third kappa shape index (κ3) is 2.88. The Labute approximate surface area is 117 Å². The molecule has 5 heteroatoms. The molecule has 5 nitrogen and oxygen atoms in total. The number of nitrogen functional groups attached to an aromatic ring is 1. The smallest absolute Gasteiger partial charge is 0.315 e. The summed E-state index contributed by atoms with van der Waals surface area (Å²) in [6.07, 6.45) is 0. The summed E-state index contributed by atoms with van der Waals surface area (Å²) in [6, 6.07) is 14.9. The Hall–Kier alpha value is -2.56. The minimum Gasteiger partial charge on any atom is -0.393 e. The van der Waals surface area contributed by atoms with Gasteiger partial charge in [0.05, 0.1) is 4.92 Å². The van der Waals surface area contributed by atoms with Gasteiger partial charge in [0.15, 0.2) is 0 Å². The second kappa shape index (κ2) is 6.06. The molecule has 2 rings (SSSR count). The maximum atomic E-state index is 11.2. The van der Waals surface area contributed by atoms with Crippen LogP contribution in [0.25, 0.3) is 0 Å². The Bertz CT molecular complexity index is 599. The van der Waals surface area contributed by atoms with Gasteiger partial charge >= 0.3 is 5.69 Å². The van der Waals surface area contributed by atoms with Gasteiger partial charge in [0, 0.05) is 13.1 Å². The van der Waals surface area contributed by atoms with Gasteiger partial charge in [-0.25, -0.2) is 0 Å². The quantitative estimate of drug-likeness (QED) is 0.515. The van der Waals surface area contributed by atoms with Gasteiger partial charge in [-0.3, -0.25) is 10.1 Å². The predicted molar refractivity (Wildman–Crippen MR) is 80.7 cm³/mol. The lowest BCUT2D eigenvalue weighted by molar-refractivity contribution is -0.383. The van der Waals surface area contributed by atoms with Crippen molar-refractivity contribution in [2.24, 2.45) is 0 Å². The summed E-state index contributed by atoms with van der Waals surface area (Å²) in [4.78, 5) is 12.7. The number of nitrogens with two attached hydrogens (primary N) is 1. The van der Waals surface area contributed by atoms with Gasteiger partial charge in [-0.15, -0.1) is 0 Å². The highest BCUT2D eigenvalue weighted by Gasteiger charge is 2.21. The van der Waals surface area contributed by atoms with Crippen molar-refractivity contribution < 1.29 is 4.92 Å². The lowest BCUT2D eigenvalue weighted by Gasteiger charge is -2.23. The number of hydrogen-bond donors (Lipinski definition) is 1.